The molecular weight excluding hydrogens is 315 g/mol. The fourth-order valence-corrected chi connectivity index (χ4v) is 2.96. The van der Waals surface area contributed by atoms with E-state index in [0.717, 1.165) is 24.3 Å². The standard InChI is InChI=1S/C20H33BO4/c1-7-8-9-16(21-24-19(2,3)20(4,5)25-21)14-15-23-18-12-10-17(22-6)11-13-18/h10-13,16H,7-9,14-15H2,1-6H3. The van der Waals surface area contributed by atoms with Crippen molar-refractivity contribution in [1.82, 2.24) is 0 Å². The molecule has 0 radical (unpaired) electrons. The Hall–Kier alpha value is -1.20. The van der Waals surface area contributed by atoms with Gasteiger partial charge in [0.1, 0.15) is 11.5 Å². The number of ether oxygens (including phenoxy) is 2. The van der Waals surface area contributed by atoms with Crippen molar-refractivity contribution < 1.29 is 18.8 Å². The largest absolute Gasteiger partial charge is 0.497 e. The third kappa shape index (κ3) is 5.14. The van der Waals surface area contributed by atoms with Gasteiger partial charge in [-0.2, -0.15) is 0 Å². The molecule has 140 valence electrons. The summed E-state index contributed by atoms with van der Waals surface area (Å²) >= 11 is 0. The molecule has 0 amide bonds. The average molecular weight is 348 g/mol. The van der Waals surface area contributed by atoms with Crippen LogP contribution in [0.2, 0.25) is 5.82 Å². The van der Waals surface area contributed by atoms with E-state index < -0.39 is 0 Å². The van der Waals surface area contributed by atoms with E-state index in [2.05, 4.69) is 34.6 Å². The maximum Gasteiger partial charge on any atom is 0.461 e. The fraction of sp³-hybridized carbons (Fsp3) is 0.700. The van der Waals surface area contributed by atoms with E-state index in [1.807, 2.05) is 24.3 Å². The van der Waals surface area contributed by atoms with Gasteiger partial charge in [-0.1, -0.05) is 26.2 Å². The summed E-state index contributed by atoms with van der Waals surface area (Å²) in [4.78, 5) is 0. The molecule has 1 aliphatic rings. The maximum atomic E-state index is 6.26. The molecule has 0 spiro atoms. The lowest BCUT2D eigenvalue weighted by Gasteiger charge is -2.32. The topological polar surface area (TPSA) is 36.9 Å². The van der Waals surface area contributed by atoms with Crippen molar-refractivity contribution in [3.8, 4) is 11.5 Å². The number of rotatable bonds is 9. The highest BCUT2D eigenvalue weighted by molar-refractivity contribution is 6.47. The van der Waals surface area contributed by atoms with Crippen LogP contribution in [0.3, 0.4) is 0 Å². The highest BCUT2D eigenvalue weighted by atomic mass is 16.7. The minimum atomic E-state index is -0.279. The Kier molecular flexibility index (Phi) is 6.81. The van der Waals surface area contributed by atoms with Crippen molar-refractivity contribution in [1.29, 1.82) is 0 Å². The van der Waals surface area contributed by atoms with Gasteiger partial charge in [-0.15, -0.1) is 0 Å². The van der Waals surface area contributed by atoms with E-state index >= 15 is 0 Å². The molecule has 1 aromatic carbocycles. The second-order valence-electron chi connectivity index (χ2n) is 7.84. The van der Waals surface area contributed by atoms with Gasteiger partial charge in [0, 0.05) is 0 Å². The van der Waals surface area contributed by atoms with Crippen LogP contribution in [0.5, 0.6) is 11.5 Å². The summed E-state index contributed by atoms with van der Waals surface area (Å²) in [6, 6.07) is 7.71. The molecule has 0 aromatic heterocycles. The van der Waals surface area contributed by atoms with Crippen molar-refractivity contribution >= 4 is 7.12 Å². The Morgan fingerprint density at radius 1 is 0.960 bits per heavy atom. The van der Waals surface area contributed by atoms with Gasteiger partial charge in [0.15, 0.2) is 0 Å². The molecule has 1 atom stereocenters. The Morgan fingerprint density at radius 2 is 1.52 bits per heavy atom. The van der Waals surface area contributed by atoms with Crippen molar-refractivity contribution in [3.05, 3.63) is 24.3 Å². The normalized spacial score (nSPS) is 19.7. The van der Waals surface area contributed by atoms with Crippen LogP contribution in [0.4, 0.5) is 0 Å². The highest BCUT2D eigenvalue weighted by Crippen LogP contribution is 2.42. The summed E-state index contributed by atoms with van der Waals surface area (Å²) in [6.07, 6.45) is 4.37. The van der Waals surface area contributed by atoms with Gasteiger partial charge in [-0.3, -0.25) is 0 Å². The van der Waals surface area contributed by atoms with E-state index in [1.54, 1.807) is 7.11 Å². The lowest BCUT2D eigenvalue weighted by molar-refractivity contribution is 0.00578. The van der Waals surface area contributed by atoms with Crippen molar-refractivity contribution in [2.45, 2.75) is 77.3 Å². The average Bonchev–Trinajstić information content (AvgIpc) is 2.79. The van der Waals surface area contributed by atoms with Crippen LogP contribution in [-0.2, 0) is 9.31 Å². The smallest absolute Gasteiger partial charge is 0.461 e. The van der Waals surface area contributed by atoms with E-state index in [0.29, 0.717) is 12.4 Å². The zero-order valence-corrected chi connectivity index (χ0v) is 16.6. The van der Waals surface area contributed by atoms with Crippen LogP contribution in [-0.4, -0.2) is 32.0 Å². The first-order valence-corrected chi connectivity index (χ1v) is 9.41. The zero-order valence-electron chi connectivity index (χ0n) is 16.6. The summed E-state index contributed by atoms with van der Waals surface area (Å²) in [5, 5.41) is 0. The minimum absolute atomic E-state index is 0.156. The number of unbranched alkanes of at least 4 members (excludes halogenated alkanes) is 1. The van der Waals surface area contributed by atoms with E-state index in [4.69, 9.17) is 18.8 Å². The molecule has 1 aliphatic heterocycles. The molecule has 4 nitrogen and oxygen atoms in total. The summed E-state index contributed by atoms with van der Waals surface area (Å²) < 4.78 is 23.6. The lowest BCUT2D eigenvalue weighted by atomic mass is 9.67. The minimum Gasteiger partial charge on any atom is -0.497 e. The maximum absolute atomic E-state index is 6.26. The lowest BCUT2D eigenvalue weighted by Crippen LogP contribution is -2.41. The van der Waals surface area contributed by atoms with Crippen LogP contribution >= 0.6 is 0 Å². The summed E-state index contributed by atoms with van der Waals surface area (Å²) in [5.41, 5.74) is -0.558. The van der Waals surface area contributed by atoms with Gasteiger partial charge >= 0.3 is 7.12 Å². The Morgan fingerprint density at radius 3 is 2.04 bits per heavy atom. The van der Waals surface area contributed by atoms with Gasteiger partial charge in [-0.25, -0.2) is 0 Å². The second-order valence-corrected chi connectivity index (χ2v) is 7.84. The molecule has 1 fully saturated rings. The molecule has 25 heavy (non-hydrogen) atoms. The predicted molar refractivity (Wildman–Crippen MR) is 102 cm³/mol. The van der Waals surface area contributed by atoms with E-state index in [-0.39, 0.29) is 18.3 Å². The molecule has 2 rings (SSSR count). The third-order valence-corrected chi connectivity index (χ3v) is 5.40. The highest BCUT2D eigenvalue weighted by Gasteiger charge is 2.53. The van der Waals surface area contributed by atoms with E-state index in [9.17, 15) is 0 Å². The molecule has 0 saturated carbocycles. The monoisotopic (exact) mass is 348 g/mol. The Bertz CT molecular complexity index is 511. The quantitative estimate of drug-likeness (QED) is 0.581. The van der Waals surface area contributed by atoms with Gasteiger partial charge in [0.25, 0.3) is 0 Å². The SMILES string of the molecule is CCCCC(CCOc1ccc(OC)cc1)B1OC(C)(C)C(C)(C)O1. The van der Waals surface area contributed by atoms with Gasteiger partial charge in [0.05, 0.1) is 24.9 Å². The fourth-order valence-electron chi connectivity index (χ4n) is 2.96. The van der Waals surface area contributed by atoms with Crippen molar-refractivity contribution in [2.75, 3.05) is 13.7 Å². The molecule has 1 saturated heterocycles. The van der Waals surface area contributed by atoms with E-state index in [1.165, 1.54) is 12.8 Å². The summed E-state index contributed by atoms with van der Waals surface area (Å²) in [6.45, 7) is 11.3. The summed E-state index contributed by atoms with van der Waals surface area (Å²) in [7, 11) is 1.51. The molecular formula is C20H33BO4. The first-order valence-electron chi connectivity index (χ1n) is 9.41. The first-order chi connectivity index (χ1) is 11.8. The molecule has 1 heterocycles. The van der Waals surface area contributed by atoms with Crippen LogP contribution in [0.25, 0.3) is 0 Å². The molecule has 5 heteroatoms. The van der Waals surface area contributed by atoms with Gasteiger partial charge in [0.2, 0.25) is 0 Å². The number of hydrogen-bond acceptors (Lipinski definition) is 4. The zero-order chi connectivity index (χ0) is 18.5. The Balaban J connectivity index is 1.91. The molecule has 0 aliphatic carbocycles. The number of hydrogen-bond donors (Lipinski definition) is 0. The van der Waals surface area contributed by atoms with Crippen LogP contribution in [0, 0.1) is 0 Å². The first kappa shape index (κ1) is 20.1. The third-order valence-electron chi connectivity index (χ3n) is 5.40. The van der Waals surface area contributed by atoms with Gasteiger partial charge in [-0.05, 0) is 64.2 Å². The second kappa shape index (κ2) is 8.46. The number of benzene rings is 1. The van der Waals surface area contributed by atoms with Crippen LogP contribution in [0.1, 0.15) is 60.3 Å². The summed E-state index contributed by atoms with van der Waals surface area (Å²) in [5.74, 6) is 2.05. The van der Waals surface area contributed by atoms with Crippen molar-refractivity contribution in [2.24, 2.45) is 0 Å². The molecule has 1 unspecified atom stereocenters. The van der Waals surface area contributed by atoms with Gasteiger partial charge < -0.3 is 18.8 Å². The molecule has 0 N–H and O–H groups in total. The molecule has 0 bridgehead atoms. The number of methoxy groups -OCH3 is 1. The van der Waals surface area contributed by atoms with Crippen LogP contribution in [0.15, 0.2) is 24.3 Å². The Labute approximate surface area is 153 Å². The van der Waals surface area contributed by atoms with Crippen LogP contribution < -0.4 is 9.47 Å². The predicted octanol–water partition coefficient (Wildman–Crippen LogP) is 5.12. The van der Waals surface area contributed by atoms with Crippen molar-refractivity contribution in [3.63, 3.8) is 0 Å². The molecule has 1 aromatic rings.